The standard InChI is InChI=1S/C17H21N3O3/c1-11(2)14(10-12-6-4-5-7-15(12)23-3)18-17(22)13-8-9-16(21)20-19-13/h4-9,11,14H,10H2,1-3H3,(H,18,22)(H,20,21)/t14-/m1/s1. The van der Waals surface area contributed by atoms with Gasteiger partial charge in [-0.3, -0.25) is 9.59 Å². The number of ether oxygens (including phenoxy) is 1. The summed E-state index contributed by atoms with van der Waals surface area (Å²) in [6.45, 7) is 4.08. The minimum absolute atomic E-state index is 0.0764. The number of benzene rings is 1. The normalized spacial score (nSPS) is 12.0. The Labute approximate surface area is 134 Å². The highest BCUT2D eigenvalue weighted by atomic mass is 16.5. The number of hydrogen-bond donors (Lipinski definition) is 2. The topological polar surface area (TPSA) is 84.1 Å². The number of amides is 1. The van der Waals surface area contributed by atoms with Crippen LogP contribution in [0.4, 0.5) is 0 Å². The van der Waals surface area contributed by atoms with Crippen molar-refractivity contribution in [3.8, 4) is 5.75 Å². The molecule has 2 rings (SSSR count). The van der Waals surface area contributed by atoms with Crippen molar-refractivity contribution >= 4 is 5.91 Å². The lowest BCUT2D eigenvalue weighted by Crippen LogP contribution is -2.40. The van der Waals surface area contributed by atoms with Crippen LogP contribution in [0.5, 0.6) is 5.75 Å². The zero-order valence-electron chi connectivity index (χ0n) is 13.5. The van der Waals surface area contributed by atoms with Crippen LogP contribution in [0.25, 0.3) is 0 Å². The van der Waals surface area contributed by atoms with Gasteiger partial charge in [0.1, 0.15) is 11.4 Å². The lowest BCUT2D eigenvalue weighted by atomic mass is 9.95. The fourth-order valence-corrected chi connectivity index (χ4v) is 2.28. The molecule has 23 heavy (non-hydrogen) atoms. The van der Waals surface area contributed by atoms with E-state index in [-0.39, 0.29) is 29.1 Å². The molecule has 6 nitrogen and oxygen atoms in total. The van der Waals surface area contributed by atoms with Gasteiger partial charge in [-0.2, -0.15) is 5.10 Å². The molecule has 0 radical (unpaired) electrons. The zero-order valence-corrected chi connectivity index (χ0v) is 13.5. The molecule has 1 aromatic carbocycles. The fourth-order valence-electron chi connectivity index (χ4n) is 2.28. The molecule has 0 bridgehead atoms. The third kappa shape index (κ3) is 4.42. The second-order valence-corrected chi connectivity index (χ2v) is 5.65. The Morgan fingerprint density at radius 1 is 1.26 bits per heavy atom. The highest BCUT2D eigenvalue weighted by molar-refractivity contribution is 5.92. The summed E-state index contributed by atoms with van der Waals surface area (Å²) in [7, 11) is 1.63. The molecular weight excluding hydrogens is 294 g/mol. The lowest BCUT2D eigenvalue weighted by molar-refractivity contribution is 0.0919. The average Bonchev–Trinajstić information content (AvgIpc) is 2.55. The van der Waals surface area contributed by atoms with Gasteiger partial charge in [-0.25, -0.2) is 5.10 Å². The summed E-state index contributed by atoms with van der Waals surface area (Å²) < 4.78 is 5.36. The van der Waals surface area contributed by atoms with Gasteiger partial charge in [0.25, 0.3) is 11.5 Å². The number of aromatic nitrogens is 2. The van der Waals surface area contributed by atoms with E-state index in [2.05, 4.69) is 15.5 Å². The summed E-state index contributed by atoms with van der Waals surface area (Å²) in [5, 5.41) is 8.99. The number of nitrogens with zero attached hydrogens (tertiary/aromatic N) is 1. The molecule has 1 amide bonds. The van der Waals surface area contributed by atoms with Crippen LogP contribution in [0.15, 0.2) is 41.2 Å². The van der Waals surface area contributed by atoms with Gasteiger partial charge in [-0.1, -0.05) is 32.0 Å². The lowest BCUT2D eigenvalue weighted by Gasteiger charge is -2.23. The zero-order chi connectivity index (χ0) is 16.8. The summed E-state index contributed by atoms with van der Waals surface area (Å²) in [6, 6.07) is 10.4. The maximum atomic E-state index is 12.3. The van der Waals surface area contributed by atoms with E-state index in [1.807, 2.05) is 38.1 Å². The molecule has 2 aromatic rings. The molecule has 6 heteroatoms. The molecule has 2 N–H and O–H groups in total. The molecule has 0 aliphatic rings. The van der Waals surface area contributed by atoms with Gasteiger partial charge in [0.2, 0.25) is 0 Å². The predicted molar refractivity (Wildman–Crippen MR) is 87.6 cm³/mol. The Kier molecular flexibility index (Phi) is 5.51. The van der Waals surface area contributed by atoms with Gasteiger partial charge in [0, 0.05) is 12.1 Å². The fraction of sp³-hybridized carbons (Fsp3) is 0.353. The maximum Gasteiger partial charge on any atom is 0.271 e. The number of carbonyl (C=O) groups excluding carboxylic acids is 1. The third-order valence-corrected chi connectivity index (χ3v) is 3.67. The first-order valence-electron chi connectivity index (χ1n) is 7.49. The predicted octanol–water partition coefficient (Wildman–Crippen LogP) is 1.78. The van der Waals surface area contributed by atoms with Crippen molar-refractivity contribution in [2.45, 2.75) is 26.3 Å². The van der Waals surface area contributed by atoms with Gasteiger partial charge in [-0.05, 0) is 30.0 Å². The van der Waals surface area contributed by atoms with E-state index in [0.717, 1.165) is 11.3 Å². The van der Waals surface area contributed by atoms with E-state index in [0.29, 0.717) is 6.42 Å². The van der Waals surface area contributed by atoms with Crippen LogP contribution in [0.3, 0.4) is 0 Å². The highest BCUT2D eigenvalue weighted by Crippen LogP contribution is 2.21. The number of nitrogens with one attached hydrogen (secondary N) is 2. The minimum Gasteiger partial charge on any atom is -0.496 e. The van der Waals surface area contributed by atoms with Crippen molar-refractivity contribution in [1.29, 1.82) is 0 Å². The van der Waals surface area contributed by atoms with Crippen LogP contribution in [0, 0.1) is 5.92 Å². The van der Waals surface area contributed by atoms with Crippen LogP contribution >= 0.6 is 0 Å². The van der Waals surface area contributed by atoms with Gasteiger partial charge >= 0.3 is 0 Å². The van der Waals surface area contributed by atoms with E-state index in [9.17, 15) is 9.59 Å². The van der Waals surface area contributed by atoms with E-state index in [1.165, 1.54) is 12.1 Å². The van der Waals surface area contributed by atoms with Crippen molar-refractivity contribution in [1.82, 2.24) is 15.5 Å². The molecule has 0 unspecified atom stereocenters. The first-order chi connectivity index (χ1) is 11.0. The number of para-hydroxylation sites is 1. The monoisotopic (exact) mass is 315 g/mol. The summed E-state index contributed by atoms with van der Waals surface area (Å²) in [6.07, 6.45) is 0.650. The second-order valence-electron chi connectivity index (χ2n) is 5.65. The van der Waals surface area contributed by atoms with Crippen molar-refractivity contribution in [3.63, 3.8) is 0 Å². The molecule has 1 heterocycles. The van der Waals surface area contributed by atoms with E-state index >= 15 is 0 Å². The average molecular weight is 315 g/mol. The van der Waals surface area contributed by atoms with Crippen LogP contribution in [0.1, 0.15) is 29.9 Å². The van der Waals surface area contributed by atoms with Crippen LogP contribution in [-0.4, -0.2) is 29.3 Å². The number of hydrogen-bond acceptors (Lipinski definition) is 4. The Balaban J connectivity index is 2.14. The Hall–Kier alpha value is -2.63. The summed E-state index contributed by atoms with van der Waals surface area (Å²) in [5.41, 5.74) is 0.884. The Bertz CT molecular complexity index is 705. The molecule has 0 aliphatic heterocycles. The molecule has 1 atom stereocenters. The SMILES string of the molecule is COc1ccccc1C[C@@H](NC(=O)c1ccc(=O)[nH]n1)C(C)C. The van der Waals surface area contributed by atoms with Crippen LogP contribution in [0.2, 0.25) is 0 Å². The Morgan fingerprint density at radius 2 is 2.00 bits per heavy atom. The smallest absolute Gasteiger partial charge is 0.271 e. The molecule has 0 spiro atoms. The number of methoxy groups -OCH3 is 1. The number of rotatable bonds is 6. The number of H-pyrrole nitrogens is 1. The van der Waals surface area contributed by atoms with Gasteiger partial charge < -0.3 is 10.1 Å². The molecular formula is C17H21N3O3. The van der Waals surface area contributed by atoms with Gasteiger partial charge in [0.05, 0.1) is 7.11 Å². The third-order valence-electron chi connectivity index (χ3n) is 3.67. The van der Waals surface area contributed by atoms with Crippen molar-refractivity contribution in [2.75, 3.05) is 7.11 Å². The molecule has 0 fully saturated rings. The molecule has 0 saturated heterocycles. The first-order valence-corrected chi connectivity index (χ1v) is 7.49. The molecule has 0 saturated carbocycles. The maximum absolute atomic E-state index is 12.3. The van der Waals surface area contributed by atoms with E-state index in [1.54, 1.807) is 7.11 Å². The Morgan fingerprint density at radius 3 is 2.61 bits per heavy atom. The number of aromatic amines is 1. The van der Waals surface area contributed by atoms with E-state index < -0.39 is 0 Å². The quantitative estimate of drug-likeness (QED) is 0.851. The molecule has 0 aliphatic carbocycles. The van der Waals surface area contributed by atoms with Crippen LogP contribution in [-0.2, 0) is 6.42 Å². The van der Waals surface area contributed by atoms with Crippen molar-refractivity contribution < 1.29 is 9.53 Å². The minimum atomic E-state index is -0.337. The summed E-state index contributed by atoms with van der Waals surface area (Å²) in [5.74, 6) is 0.719. The summed E-state index contributed by atoms with van der Waals surface area (Å²) >= 11 is 0. The summed E-state index contributed by atoms with van der Waals surface area (Å²) in [4.78, 5) is 23.3. The molecule has 1 aromatic heterocycles. The van der Waals surface area contributed by atoms with E-state index in [4.69, 9.17) is 4.74 Å². The molecule has 122 valence electrons. The second kappa shape index (κ2) is 7.58. The largest absolute Gasteiger partial charge is 0.496 e. The van der Waals surface area contributed by atoms with Gasteiger partial charge in [-0.15, -0.1) is 0 Å². The van der Waals surface area contributed by atoms with Crippen molar-refractivity contribution in [3.05, 3.63) is 58.0 Å². The first kappa shape index (κ1) is 16.7. The highest BCUT2D eigenvalue weighted by Gasteiger charge is 2.20. The van der Waals surface area contributed by atoms with Gasteiger partial charge in [0.15, 0.2) is 0 Å². The van der Waals surface area contributed by atoms with Crippen LogP contribution < -0.4 is 15.6 Å². The number of carbonyl (C=O) groups is 1. The van der Waals surface area contributed by atoms with Crippen molar-refractivity contribution in [2.24, 2.45) is 5.92 Å².